The fourth-order valence-corrected chi connectivity index (χ4v) is 10.8. The zero-order valence-electron chi connectivity index (χ0n) is 35.6. The van der Waals surface area contributed by atoms with Crippen molar-refractivity contribution in [3.8, 4) is 0 Å². The number of nitrogens with zero attached hydrogens (tertiary/aromatic N) is 1. The van der Waals surface area contributed by atoms with Crippen LogP contribution in [0, 0.1) is 29.6 Å². The smallest absolute Gasteiger partial charge is 0.405 e. The highest BCUT2D eigenvalue weighted by Gasteiger charge is 2.53. The Kier molecular flexibility index (Phi) is 14.5. The van der Waals surface area contributed by atoms with Crippen LogP contribution in [0.1, 0.15) is 84.6 Å². The Bertz CT molecular complexity index is 1850. The van der Waals surface area contributed by atoms with Gasteiger partial charge in [0, 0.05) is 62.5 Å². The van der Waals surface area contributed by atoms with E-state index in [0.29, 0.717) is 30.7 Å². The number of carbonyl (C=O) groups excluding carboxylic acids is 4. The highest BCUT2D eigenvalue weighted by atomic mass is 16.6. The van der Waals surface area contributed by atoms with E-state index in [4.69, 9.17) is 19.9 Å². The van der Waals surface area contributed by atoms with Crippen LogP contribution in [0.2, 0.25) is 0 Å². The SMILES string of the molecule is CO[C@H]1/C=C\C=C(/C)C(=O)NC2=CC(=O)C(NCCN(Cc3ccccc3)C34CC5CC(CC(C5)C3)C4)=C(C[C@@H](C)C[C@H](OC)[C@H](O)[C@@H](C)/C=C(\C)[C@@H]1OC(N)=O)C2=O. The lowest BCUT2D eigenvalue weighted by molar-refractivity contribution is -0.120. The van der Waals surface area contributed by atoms with Crippen molar-refractivity contribution in [1.29, 1.82) is 0 Å². The number of hydrogen-bond acceptors (Lipinski definition) is 10. The Morgan fingerprint density at radius 3 is 2.25 bits per heavy atom. The lowest BCUT2D eigenvalue weighted by Gasteiger charge is -2.60. The lowest BCUT2D eigenvalue weighted by atomic mass is 9.52. The van der Waals surface area contributed by atoms with Crippen LogP contribution < -0.4 is 16.4 Å². The van der Waals surface area contributed by atoms with Gasteiger partial charge in [-0.1, -0.05) is 68.5 Å². The second kappa shape index (κ2) is 19.4. The molecule has 0 spiro atoms. The molecule has 5 N–H and O–H groups in total. The zero-order valence-corrected chi connectivity index (χ0v) is 35.6. The van der Waals surface area contributed by atoms with Crippen molar-refractivity contribution >= 4 is 23.6 Å². The summed E-state index contributed by atoms with van der Waals surface area (Å²) in [6, 6.07) is 10.6. The molecular weight excluding hydrogens is 749 g/mol. The molecule has 0 saturated heterocycles. The van der Waals surface area contributed by atoms with Crippen LogP contribution >= 0.6 is 0 Å². The maximum absolute atomic E-state index is 14.4. The lowest BCUT2D eigenvalue weighted by Crippen LogP contribution is -2.60. The molecule has 6 atom stereocenters. The Morgan fingerprint density at radius 1 is 0.983 bits per heavy atom. The van der Waals surface area contributed by atoms with Crippen LogP contribution in [0.4, 0.5) is 4.79 Å². The molecule has 6 bridgehead atoms. The summed E-state index contributed by atoms with van der Waals surface area (Å²) in [6.45, 7) is 9.15. The van der Waals surface area contributed by atoms with Gasteiger partial charge in [0.1, 0.15) is 6.10 Å². The topological polar surface area (TPSA) is 170 Å². The highest BCUT2D eigenvalue weighted by Crippen LogP contribution is 2.58. The van der Waals surface area contributed by atoms with Gasteiger partial charge in [-0.15, -0.1) is 0 Å². The normalized spacial score (nSPS) is 35.4. The Balaban J connectivity index is 1.29. The fraction of sp³-hybridized carbons (Fsp3) is 0.574. The molecule has 4 saturated carbocycles. The minimum absolute atomic E-state index is 0.0943. The number of primary amides is 1. The van der Waals surface area contributed by atoms with Gasteiger partial charge in [0.05, 0.1) is 23.6 Å². The van der Waals surface area contributed by atoms with Crippen LogP contribution in [-0.2, 0) is 35.1 Å². The number of methoxy groups -OCH3 is 2. The quantitative estimate of drug-likeness (QED) is 0.167. The fourth-order valence-electron chi connectivity index (χ4n) is 10.8. The number of amides is 2. The molecule has 0 aromatic heterocycles. The van der Waals surface area contributed by atoms with E-state index in [1.54, 1.807) is 32.1 Å². The Labute approximate surface area is 349 Å². The average Bonchev–Trinajstić information content (AvgIpc) is 3.19. The van der Waals surface area contributed by atoms with Crippen LogP contribution in [0.3, 0.4) is 0 Å². The molecule has 7 rings (SSSR count). The summed E-state index contributed by atoms with van der Waals surface area (Å²) in [4.78, 5) is 56.5. The third kappa shape index (κ3) is 10.5. The molecule has 12 heteroatoms. The molecule has 12 nitrogen and oxygen atoms in total. The maximum atomic E-state index is 14.4. The largest absolute Gasteiger partial charge is 0.439 e. The average molecular weight is 813 g/mol. The van der Waals surface area contributed by atoms with Crippen molar-refractivity contribution in [2.24, 2.45) is 35.3 Å². The van der Waals surface area contributed by atoms with Crippen molar-refractivity contribution in [1.82, 2.24) is 15.5 Å². The molecule has 2 amide bonds. The van der Waals surface area contributed by atoms with Gasteiger partial charge in [0.2, 0.25) is 11.6 Å². The molecule has 59 heavy (non-hydrogen) atoms. The predicted octanol–water partition coefficient (Wildman–Crippen LogP) is 5.82. The van der Waals surface area contributed by atoms with E-state index in [0.717, 1.165) is 24.3 Å². The summed E-state index contributed by atoms with van der Waals surface area (Å²) in [5, 5.41) is 17.7. The number of hydrogen-bond donors (Lipinski definition) is 4. The van der Waals surface area contributed by atoms with E-state index in [1.165, 1.54) is 70.5 Å². The number of aliphatic hydroxyl groups excluding tert-OH is 1. The van der Waals surface area contributed by atoms with Crippen molar-refractivity contribution in [2.45, 2.75) is 116 Å². The van der Waals surface area contributed by atoms with E-state index in [9.17, 15) is 24.3 Å². The van der Waals surface area contributed by atoms with E-state index in [-0.39, 0.29) is 40.6 Å². The molecule has 1 aromatic carbocycles. The number of aliphatic hydroxyl groups is 1. The number of ether oxygens (including phenoxy) is 3. The van der Waals surface area contributed by atoms with E-state index in [2.05, 4.69) is 39.8 Å². The molecule has 1 heterocycles. The summed E-state index contributed by atoms with van der Waals surface area (Å²) in [6.07, 6.45) is 11.7. The first-order valence-corrected chi connectivity index (χ1v) is 21.3. The van der Waals surface area contributed by atoms with E-state index >= 15 is 0 Å². The Morgan fingerprint density at radius 2 is 1.64 bits per heavy atom. The predicted molar refractivity (Wildman–Crippen MR) is 225 cm³/mol. The minimum atomic E-state index is -0.992. The molecule has 320 valence electrons. The first-order valence-electron chi connectivity index (χ1n) is 21.3. The third-order valence-corrected chi connectivity index (χ3v) is 13.4. The minimum Gasteiger partial charge on any atom is -0.439 e. The monoisotopic (exact) mass is 812 g/mol. The van der Waals surface area contributed by atoms with Gasteiger partial charge >= 0.3 is 6.09 Å². The highest BCUT2D eigenvalue weighted by molar-refractivity contribution is 6.23. The first kappa shape index (κ1) is 44.2. The number of nitrogens with two attached hydrogens (primary N) is 1. The summed E-state index contributed by atoms with van der Waals surface area (Å²) in [5.74, 6) is 0.293. The zero-order chi connectivity index (χ0) is 42.4. The molecule has 0 radical (unpaired) electrons. The summed E-state index contributed by atoms with van der Waals surface area (Å²) in [7, 11) is 2.98. The number of rotatable bonds is 10. The number of ketones is 2. The maximum Gasteiger partial charge on any atom is 0.405 e. The second-order valence-electron chi connectivity index (χ2n) is 17.9. The number of allylic oxidation sites excluding steroid dienone is 4. The van der Waals surface area contributed by atoms with Gasteiger partial charge in [0.15, 0.2) is 6.10 Å². The van der Waals surface area contributed by atoms with Crippen LogP contribution in [0.25, 0.3) is 0 Å². The standard InChI is InChI=1S/C47H64N4O8/c1-28-17-36-41(49-15-16-51(27-32-12-8-7-9-13-32)47-24-33-20-34(25-47)22-35(21-33)26-47)38(52)23-37(43(36)54)50-45(55)29(2)11-10-14-39(57-5)44(59-46(48)56)31(4)19-30(3)42(53)40(18-28)58-6/h7-14,19,23,28,30,33-35,39-40,42,44,49,53H,15-18,20-22,24-27H2,1-6H3,(H2,48,56)(H,50,55)/b14-10-,29-11+,31-19+/t28-,30+,33?,34?,35?,39+,40+,42-,44+,47?/m1/s1. The molecule has 0 unspecified atom stereocenters. The second-order valence-corrected chi connectivity index (χ2v) is 17.9. The van der Waals surface area contributed by atoms with E-state index in [1.807, 2.05) is 19.9 Å². The summed E-state index contributed by atoms with van der Waals surface area (Å²) < 4.78 is 16.9. The van der Waals surface area contributed by atoms with Crippen LogP contribution in [-0.4, -0.2) is 90.8 Å². The van der Waals surface area contributed by atoms with Crippen LogP contribution in [0.5, 0.6) is 0 Å². The summed E-state index contributed by atoms with van der Waals surface area (Å²) in [5.41, 5.74) is 8.14. The van der Waals surface area contributed by atoms with Gasteiger partial charge in [-0.25, -0.2) is 4.79 Å². The molecule has 5 aliphatic carbocycles. The number of nitrogens with one attached hydrogen (secondary N) is 2. The van der Waals surface area contributed by atoms with Crippen molar-refractivity contribution in [3.05, 3.63) is 94.4 Å². The van der Waals surface area contributed by atoms with Gasteiger partial charge in [-0.2, -0.15) is 0 Å². The van der Waals surface area contributed by atoms with Crippen LogP contribution in [0.15, 0.2) is 88.8 Å². The van der Waals surface area contributed by atoms with Crippen molar-refractivity contribution in [3.63, 3.8) is 0 Å². The Hall–Kier alpha value is -4.36. The van der Waals surface area contributed by atoms with Crippen molar-refractivity contribution < 1.29 is 38.5 Å². The van der Waals surface area contributed by atoms with Gasteiger partial charge in [-0.3, -0.25) is 19.3 Å². The number of Topliss-reactive ketones (excluding diaryl/α,β-unsaturated/α-hetero) is 1. The third-order valence-electron chi connectivity index (χ3n) is 13.4. The number of benzene rings is 1. The van der Waals surface area contributed by atoms with Gasteiger partial charge in [-0.05, 0) is 100 Å². The molecular formula is C47H64N4O8. The summed E-state index contributed by atoms with van der Waals surface area (Å²) >= 11 is 0. The molecule has 4 fully saturated rings. The van der Waals surface area contributed by atoms with Crippen molar-refractivity contribution in [2.75, 3.05) is 27.3 Å². The van der Waals surface area contributed by atoms with E-state index < -0.39 is 48.1 Å². The first-order chi connectivity index (χ1) is 28.2. The molecule has 6 aliphatic rings. The molecule has 1 aromatic rings. The molecule has 1 aliphatic heterocycles. The van der Waals surface area contributed by atoms with Gasteiger partial charge < -0.3 is 35.7 Å². The van der Waals surface area contributed by atoms with Gasteiger partial charge in [0.25, 0.3) is 5.91 Å². The number of fused-ring (bicyclic) bond motifs is 2. The number of carbonyl (C=O) groups is 4.